The summed E-state index contributed by atoms with van der Waals surface area (Å²) < 4.78 is 16.3. The molecule has 2 aromatic rings. The summed E-state index contributed by atoms with van der Waals surface area (Å²) in [6.45, 7) is 2.92. The molecule has 0 spiro atoms. The molecule has 0 saturated carbocycles. The third-order valence-corrected chi connectivity index (χ3v) is 5.00. The number of methoxy groups -OCH3 is 3. The fourth-order valence-corrected chi connectivity index (χ4v) is 3.49. The van der Waals surface area contributed by atoms with Crippen LogP contribution in [0.25, 0.3) is 0 Å². The number of fused-ring (bicyclic) bond motifs is 1. The molecule has 1 N–H and O–H groups in total. The molecule has 0 saturated heterocycles. The molecule has 0 heterocycles. The maximum atomic E-state index is 5.44. The first-order chi connectivity index (χ1) is 12.1. The molecule has 0 amide bonds. The predicted octanol–water partition coefficient (Wildman–Crippen LogP) is 3.67. The van der Waals surface area contributed by atoms with Crippen LogP contribution in [0.15, 0.2) is 30.3 Å². The number of aryl methyl sites for hydroxylation is 2. The lowest BCUT2D eigenvalue weighted by molar-refractivity contribution is 0.352. The van der Waals surface area contributed by atoms with E-state index in [-0.39, 0.29) is 0 Å². The largest absolute Gasteiger partial charge is 0.496 e. The minimum atomic E-state index is 0.470. The molecule has 25 heavy (non-hydrogen) atoms. The van der Waals surface area contributed by atoms with E-state index in [9.17, 15) is 0 Å². The van der Waals surface area contributed by atoms with Gasteiger partial charge in [-0.15, -0.1) is 0 Å². The summed E-state index contributed by atoms with van der Waals surface area (Å²) in [6.07, 6.45) is 3.20. The quantitative estimate of drug-likeness (QED) is 0.870. The second kappa shape index (κ2) is 7.79. The van der Waals surface area contributed by atoms with Crippen LogP contribution in [0.2, 0.25) is 0 Å². The minimum Gasteiger partial charge on any atom is -0.496 e. The SMILES string of the molecule is COc1cc(CNC2CCc3cc(OC)c(OC)cc3C2)ccc1C. The van der Waals surface area contributed by atoms with Crippen molar-refractivity contribution in [3.05, 3.63) is 52.6 Å². The number of rotatable bonds is 6. The third kappa shape index (κ3) is 3.90. The summed E-state index contributed by atoms with van der Waals surface area (Å²) in [4.78, 5) is 0. The molecule has 0 aliphatic heterocycles. The highest BCUT2D eigenvalue weighted by atomic mass is 16.5. The van der Waals surface area contributed by atoms with Crippen molar-refractivity contribution in [3.8, 4) is 17.2 Å². The Kier molecular flexibility index (Phi) is 5.49. The molecule has 2 aromatic carbocycles. The zero-order chi connectivity index (χ0) is 17.8. The van der Waals surface area contributed by atoms with Crippen LogP contribution in [0.4, 0.5) is 0 Å². The summed E-state index contributed by atoms with van der Waals surface area (Å²) in [5.74, 6) is 2.58. The van der Waals surface area contributed by atoms with Crippen LogP contribution in [0.3, 0.4) is 0 Å². The van der Waals surface area contributed by atoms with Gasteiger partial charge in [0.2, 0.25) is 0 Å². The van der Waals surface area contributed by atoms with Crippen molar-refractivity contribution in [2.45, 2.75) is 38.8 Å². The molecule has 0 radical (unpaired) electrons. The predicted molar refractivity (Wildman–Crippen MR) is 99.9 cm³/mol. The molecule has 4 nitrogen and oxygen atoms in total. The molecule has 0 fully saturated rings. The molecule has 1 unspecified atom stereocenters. The average Bonchev–Trinajstić information content (AvgIpc) is 2.65. The lowest BCUT2D eigenvalue weighted by Crippen LogP contribution is -2.34. The van der Waals surface area contributed by atoms with E-state index >= 15 is 0 Å². The molecule has 1 aliphatic rings. The van der Waals surface area contributed by atoms with Gasteiger partial charge in [0.05, 0.1) is 21.3 Å². The first-order valence-electron chi connectivity index (χ1n) is 8.75. The molecule has 3 rings (SSSR count). The van der Waals surface area contributed by atoms with Gasteiger partial charge in [0, 0.05) is 12.6 Å². The van der Waals surface area contributed by atoms with E-state index in [1.54, 1.807) is 21.3 Å². The highest BCUT2D eigenvalue weighted by Crippen LogP contribution is 2.34. The van der Waals surface area contributed by atoms with Crippen molar-refractivity contribution < 1.29 is 14.2 Å². The van der Waals surface area contributed by atoms with Crippen LogP contribution >= 0.6 is 0 Å². The summed E-state index contributed by atoms with van der Waals surface area (Å²) in [5, 5.41) is 3.69. The van der Waals surface area contributed by atoms with E-state index in [4.69, 9.17) is 14.2 Å². The number of hydrogen-bond donors (Lipinski definition) is 1. The van der Waals surface area contributed by atoms with Gasteiger partial charge in [-0.05, 0) is 66.6 Å². The Morgan fingerprint density at radius 3 is 2.28 bits per heavy atom. The van der Waals surface area contributed by atoms with Gasteiger partial charge in [-0.2, -0.15) is 0 Å². The topological polar surface area (TPSA) is 39.7 Å². The molecular formula is C21H27NO3. The van der Waals surface area contributed by atoms with Crippen LogP contribution < -0.4 is 19.5 Å². The molecular weight excluding hydrogens is 314 g/mol. The van der Waals surface area contributed by atoms with E-state index in [0.29, 0.717) is 6.04 Å². The Labute approximate surface area is 150 Å². The van der Waals surface area contributed by atoms with Gasteiger partial charge in [0.1, 0.15) is 5.75 Å². The molecule has 1 aliphatic carbocycles. The maximum absolute atomic E-state index is 5.44. The van der Waals surface area contributed by atoms with Gasteiger partial charge >= 0.3 is 0 Å². The summed E-state index contributed by atoms with van der Waals surface area (Å²) in [5.41, 5.74) is 5.13. The number of hydrogen-bond acceptors (Lipinski definition) is 4. The second-order valence-corrected chi connectivity index (χ2v) is 6.60. The Morgan fingerprint density at radius 2 is 1.60 bits per heavy atom. The van der Waals surface area contributed by atoms with E-state index < -0.39 is 0 Å². The van der Waals surface area contributed by atoms with E-state index in [1.807, 2.05) is 0 Å². The third-order valence-electron chi connectivity index (χ3n) is 5.00. The lowest BCUT2D eigenvalue weighted by Gasteiger charge is -2.27. The van der Waals surface area contributed by atoms with E-state index in [1.165, 1.54) is 22.3 Å². The summed E-state index contributed by atoms with van der Waals surface area (Å²) >= 11 is 0. The first-order valence-corrected chi connectivity index (χ1v) is 8.75. The van der Waals surface area contributed by atoms with Crippen LogP contribution in [-0.2, 0) is 19.4 Å². The molecule has 0 bridgehead atoms. The Bertz CT molecular complexity index is 742. The van der Waals surface area contributed by atoms with Crippen molar-refractivity contribution >= 4 is 0 Å². The number of benzene rings is 2. The second-order valence-electron chi connectivity index (χ2n) is 6.60. The Hall–Kier alpha value is -2.20. The monoisotopic (exact) mass is 341 g/mol. The van der Waals surface area contributed by atoms with Gasteiger partial charge in [-0.3, -0.25) is 0 Å². The molecule has 0 aromatic heterocycles. The van der Waals surface area contributed by atoms with Gasteiger partial charge in [-0.25, -0.2) is 0 Å². The van der Waals surface area contributed by atoms with E-state index in [0.717, 1.165) is 43.1 Å². The van der Waals surface area contributed by atoms with Crippen molar-refractivity contribution in [3.63, 3.8) is 0 Å². The van der Waals surface area contributed by atoms with Crippen molar-refractivity contribution in [2.24, 2.45) is 0 Å². The average molecular weight is 341 g/mol. The van der Waals surface area contributed by atoms with Gasteiger partial charge in [0.25, 0.3) is 0 Å². The van der Waals surface area contributed by atoms with Gasteiger partial charge in [-0.1, -0.05) is 12.1 Å². The first kappa shape index (κ1) is 17.6. The van der Waals surface area contributed by atoms with Crippen molar-refractivity contribution in [2.75, 3.05) is 21.3 Å². The van der Waals surface area contributed by atoms with Crippen LogP contribution in [0, 0.1) is 6.92 Å². The highest BCUT2D eigenvalue weighted by molar-refractivity contribution is 5.48. The van der Waals surface area contributed by atoms with Gasteiger partial charge in [0.15, 0.2) is 11.5 Å². The number of ether oxygens (including phenoxy) is 3. The molecule has 4 heteroatoms. The fourth-order valence-electron chi connectivity index (χ4n) is 3.49. The molecule has 134 valence electrons. The molecule has 1 atom stereocenters. The van der Waals surface area contributed by atoms with Crippen LogP contribution in [0.1, 0.15) is 28.7 Å². The van der Waals surface area contributed by atoms with E-state index in [2.05, 4.69) is 42.6 Å². The zero-order valence-corrected chi connectivity index (χ0v) is 15.5. The summed E-state index contributed by atoms with van der Waals surface area (Å²) in [6, 6.07) is 11.1. The van der Waals surface area contributed by atoms with Crippen molar-refractivity contribution in [1.82, 2.24) is 5.32 Å². The van der Waals surface area contributed by atoms with Crippen LogP contribution in [-0.4, -0.2) is 27.4 Å². The number of nitrogens with one attached hydrogen (secondary N) is 1. The maximum Gasteiger partial charge on any atom is 0.161 e. The lowest BCUT2D eigenvalue weighted by atomic mass is 9.87. The normalized spacial score (nSPS) is 16.2. The Balaban J connectivity index is 1.67. The zero-order valence-electron chi connectivity index (χ0n) is 15.5. The standard InChI is InChI=1S/C21H27NO3/c1-14-5-6-15(9-19(14)23-2)13-22-18-8-7-16-11-20(24-3)21(25-4)12-17(16)10-18/h5-6,9,11-12,18,22H,7-8,10,13H2,1-4H3. The minimum absolute atomic E-state index is 0.470. The fraction of sp³-hybridized carbons (Fsp3) is 0.429. The van der Waals surface area contributed by atoms with Crippen LogP contribution in [0.5, 0.6) is 17.2 Å². The van der Waals surface area contributed by atoms with Crippen molar-refractivity contribution in [1.29, 1.82) is 0 Å². The highest BCUT2D eigenvalue weighted by Gasteiger charge is 2.21. The smallest absolute Gasteiger partial charge is 0.161 e. The summed E-state index contributed by atoms with van der Waals surface area (Å²) in [7, 11) is 5.10. The van der Waals surface area contributed by atoms with Gasteiger partial charge < -0.3 is 19.5 Å². The Morgan fingerprint density at radius 1 is 0.920 bits per heavy atom.